The molecule has 4 fully saturated rings. The number of nitrogens with two attached hydrogens (primary N) is 4. The lowest BCUT2D eigenvalue weighted by atomic mass is 9.73. The van der Waals surface area contributed by atoms with Gasteiger partial charge in [0.2, 0.25) is 0 Å². The number of pyridine rings is 4. The number of aliphatic hydroxyl groups is 1. The number of fused-ring (bicyclic) bond motifs is 8. The molecule has 134 heavy (non-hydrogen) atoms. The van der Waals surface area contributed by atoms with Crippen molar-refractivity contribution in [3.63, 3.8) is 0 Å². The van der Waals surface area contributed by atoms with Gasteiger partial charge in [-0.3, -0.25) is 39.9 Å². The zero-order valence-electron chi connectivity index (χ0n) is 74.9. The van der Waals surface area contributed by atoms with Gasteiger partial charge in [0, 0.05) is 121 Å². The van der Waals surface area contributed by atoms with Crippen molar-refractivity contribution in [2.24, 2.45) is 64.6 Å². The molecule has 8 aliphatic heterocycles. The van der Waals surface area contributed by atoms with Crippen molar-refractivity contribution in [1.82, 2.24) is 59.8 Å². The normalized spacial score (nSPS) is 20.5. The van der Waals surface area contributed by atoms with Crippen LogP contribution in [0.2, 0.25) is 20.1 Å². The Bertz CT molecular complexity index is 6260. The van der Waals surface area contributed by atoms with Crippen molar-refractivity contribution in [3.05, 3.63) is 303 Å². The summed E-state index contributed by atoms with van der Waals surface area (Å²) in [4.78, 5) is 87.6. The molecule has 25 nitrogen and oxygen atoms in total. The third kappa shape index (κ3) is 17.1. The molecule has 0 radical (unpaired) electrons. The average Bonchev–Trinajstić information content (AvgIpc) is 1.62. The number of hydrogen-bond acceptors (Lipinski definition) is 29. The van der Waals surface area contributed by atoms with Crippen molar-refractivity contribution in [1.29, 1.82) is 0 Å². The van der Waals surface area contributed by atoms with E-state index in [1.807, 2.05) is 70.6 Å². The van der Waals surface area contributed by atoms with Crippen molar-refractivity contribution in [3.8, 4) is 0 Å². The Balaban J connectivity index is 0.000000107. The quantitative estimate of drug-likeness (QED) is 0.0896. The van der Waals surface area contributed by atoms with E-state index < -0.39 is 0 Å². The Labute approximate surface area is 816 Å². The van der Waals surface area contributed by atoms with Crippen LogP contribution in [0.25, 0.3) is 0 Å². The van der Waals surface area contributed by atoms with E-state index in [-0.39, 0.29) is 52.4 Å². The second-order valence-corrected chi connectivity index (χ2v) is 42.7. The van der Waals surface area contributed by atoms with E-state index in [9.17, 15) is 5.11 Å². The number of rotatable bonds is 9. The van der Waals surface area contributed by atoms with Gasteiger partial charge in [0.15, 0.2) is 5.82 Å². The largest absolute Gasteiger partial charge is 0.390 e. The predicted octanol–water partition coefficient (Wildman–Crippen LogP) is 18.4. The van der Waals surface area contributed by atoms with Gasteiger partial charge in [-0.25, -0.2) is 39.9 Å². The highest BCUT2D eigenvalue weighted by molar-refractivity contribution is 8.15. The number of piperidine rings is 4. The lowest BCUT2D eigenvalue weighted by Crippen LogP contribution is -2.45. The third-order valence-corrected chi connectivity index (χ3v) is 36.2. The summed E-state index contributed by atoms with van der Waals surface area (Å²) in [5.74, 6) is 3.58. The summed E-state index contributed by atoms with van der Waals surface area (Å²) in [6, 6.07) is 42.6. The maximum absolute atomic E-state index is 10.2. The van der Waals surface area contributed by atoms with Crippen molar-refractivity contribution < 1.29 is 5.11 Å². The average molecular weight is 1940 g/mol. The van der Waals surface area contributed by atoms with E-state index in [4.69, 9.17) is 109 Å². The molecular formula is C101H102Cl4N24OS4. The number of benzene rings is 4. The van der Waals surface area contributed by atoms with E-state index in [2.05, 4.69) is 157 Å². The van der Waals surface area contributed by atoms with Gasteiger partial charge in [-0.05, 0) is 195 Å². The molecular weight excluding hydrogens is 1840 g/mol. The highest BCUT2D eigenvalue weighted by Gasteiger charge is 2.51. The molecule has 12 aliphatic rings. The molecule has 12 aromatic rings. The summed E-state index contributed by atoms with van der Waals surface area (Å²) in [5.41, 5.74) is 49.2. The molecule has 24 rings (SSSR count). The first-order chi connectivity index (χ1) is 65.1. The Morgan fingerprint density at radius 2 is 0.582 bits per heavy atom. The van der Waals surface area contributed by atoms with Crippen LogP contribution in [-0.2, 0) is 58.5 Å². The fraction of sp³-hybridized carbons (Fsp3) is 0.366. The highest BCUT2D eigenvalue weighted by atomic mass is 35.5. The summed E-state index contributed by atoms with van der Waals surface area (Å²) < 4.78 is 0. The van der Waals surface area contributed by atoms with Crippen LogP contribution in [0.15, 0.2) is 204 Å². The first-order valence-electron chi connectivity index (χ1n) is 45.9. The maximum atomic E-state index is 10.2. The maximum Gasteiger partial charge on any atom is 0.153 e. The number of halogens is 4. The van der Waals surface area contributed by atoms with Crippen LogP contribution in [0.5, 0.6) is 0 Å². The number of aliphatic imine (C=N–C) groups is 4. The molecule has 8 aromatic heterocycles. The number of thioether (sulfide) groups is 4. The molecule has 9 N–H and O–H groups in total. The number of aryl methyl sites for hydroxylation is 4. The summed E-state index contributed by atoms with van der Waals surface area (Å²) in [7, 11) is 0. The van der Waals surface area contributed by atoms with Gasteiger partial charge in [-0.2, -0.15) is 0 Å². The van der Waals surface area contributed by atoms with Crippen molar-refractivity contribution in [2.75, 3.05) is 72.0 Å². The lowest BCUT2D eigenvalue weighted by Gasteiger charge is -2.43. The lowest BCUT2D eigenvalue weighted by molar-refractivity contribution is 0.186. The van der Waals surface area contributed by atoms with Crippen LogP contribution in [0.1, 0.15) is 194 Å². The predicted molar refractivity (Wildman–Crippen MR) is 538 cm³/mol. The zero-order chi connectivity index (χ0) is 91.9. The first kappa shape index (κ1) is 90.5. The molecule has 0 saturated carbocycles. The van der Waals surface area contributed by atoms with Gasteiger partial charge < -0.3 is 47.6 Å². The number of aliphatic hydroxyl groups excluding tert-OH is 1. The van der Waals surface area contributed by atoms with Crippen molar-refractivity contribution in [2.45, 2.75) is 181 Å². The van der Waals surface area contributed by atoms with E-state index in [1.54, 1.807) is 24.8 Å². The van der Waals surface area contributed by atoms with Gasteiger partial charge in [-0.1, -0.05) is 191 Å². The van der Waals surface area contributed by atoms with Crippen LogP contribution in [0, 0.1) is 49.4 Å². The van der Waals surface area contributed by atoms with Crippen LogP contribution < -0.4 is 42.5 Å². The minimum atomic E-state index is -0.171. The summed E-state index contributed by atoms with van der Waals surface area (Å²) >= 11 is 31.8. The van der Waals surface area contributed by atoms with Gasteiger partial charge in [0.05, 0.1) is 117 Å². The molecule has 0 unspecified atom stereocenters. The third-order valence-electron chi connectivity index (χ3n) is 29.6. The molecule has 4 spiro atoms. The smallest absolute Gasteiger partial charge is 0.153 e. The molecule has 0 amide bonds. The topological polar surface area (TPSA) is 341 Å². The molecule has 16 heterocycles. The van der Waals surface area contributed by atoms with E-state index in [0.29, 0.717) is 52.0 Å². The second kappa shape index (κ2) is 37.5. The minimum absolute atomic E-state index is 0.0703. The Hall–Kier alpha value is -9.96. The molecule has 4 saturated heterocycles. The van der Waals surface area contributed by atoms with Crippen LogP contribution >= 0.6 is 93.5 Å². The molecule has 4 aromatic carbocycles. The Morgan fingerprint density at radius 3 is 0.851 bits per heavy atom. The summed E-state index contributed by atoms with van der Waals surface area (Å²) in [5, 5.41) is 16.2. The number of aromatic nitrogens is 12. The molecule has 33 heteroatoms. The van der Waals surface area contributed by atoms with Crippen molar-refractivity contribution >= 4 is 137 Å². The Morgan fingerprint density at radius 1 is 0.328 bits per heavy atom. The summed E-state index contributed by atoms with van der Waals surface area (Å²) in [6.45, 7) is 16.9. The zero-order valence-corrected chi connectivity index (χ0v) is 81.2. The molecule has 684 valence electrons. The monoisotopic (exact) mass is 1930 g/mol. The summed E-state index contributed by atoms with van der Waals surface area (Å²) in [6.07, 6.45) is 25.4. The highest BCUT2D eigenvalue weighted by Crippen LogP contribution is 2.56. The van der Waals surface area contributed by atoms with Crippen LogP contribution in [-0.4, -0.2) is 137 Å². The van der Waals surface area contributed by atoms with Crippen LogP contribution in [0.3, 0.4) is 0 Å². The molecule has 4 aliphatic carbocycles. The van der Waals surface area contributed by atoms with Gasteiger partial charge in [-0.15, -0.1) is 0 Å². The van der Waals surface area contributed by atoms with E-state index in [1.165, 1.54) is 91.6 Å². The van der Waals surface area contributed by atoms with Crippen LogP contribution in [0.4, 0.5) is 23.3 Å². The SMILES string of the molecule is Cc1nccc(SC2=NCc3nc(N4CCC5(CC4)Cc4ccccc4[C@@H]5N)cnc32)c1Cl.Cc1nccc(SC2=NCc3nc(N4CCC5(CC4)Cc4ccccc4[C@H]5N)c(CO)nc32)c1Cl.Cc1nccc(SC2=NCc3nc(N4CCC5(CC4)Cc4ccccc4[C@H]5N)cnc32)c1Cl.Cc1nccc(SC2=NCc3nc(N4CCC5(CC4)Cc4ccccc4[C@H]5N)cnc32)c1Cl. The fourth-order valence-corrected chi connectivity index (χ4v) is 26.5. The fourth-order valence-electron chi connectivity index (χ4n) is 21.7. The minimum Gasteiger partial charge on any atom is -0.390 e. The van der Waals surface area contributed by atoms with E-state index in [0.717, 1.165) is 261 Å². The number of anilines is 4. The molecule has 4 atom stereocenters. The first-order valence-corrected chi connectivity index (χ1v) is 50.7. The number of nitrogens with zero attached hydrogens (tertiary/aromatic N) is 20. The van der Waals surface area contributed by atoms with E-state index >= 15 is 0 Å². The molecule has 0 bridgehead atoms. The van der Waals surface area contributed by atoms with Gasteiger partial charge in [0.25, 0.3) is 0 Å². The second-order valence-electron chi connectivity index (χ2n) is 37.1. The standard InChI is InChI=1S/C26H27ClN6OS.3C25H25ClN6S/c1-15-21(27)20(6-9-29-15)35-25-22-18(13-30-25)32-24(19(14-34)31-22)33-10-7-26(8-11-33)12-16-4-2-3-5-17(16)23(26)28;3*1-15-21(26)19(6-9-28-15)33-24-22-18(13-30-24)31-20(14-29-22)32-10-7-25(8-11-32)12-16-4-2-3-5-17(16)23(25)27/h2-6,9,23,34H,7-8,10-14,28H2,1H3;3*2-6,9,14,23H,7-8,10-13,27H2,1H3/t4*23-/m1110/s1. The Kier molecular flexibility index (Phi) is 25.3. The van der Waals surface area contributed by atoms with Gasteiger partial charge in [0.1, 0.15) is 66.1 Å². The number of hydrogen-bond donors (Lipinski definition) is 5. The van der Waals surface area contributed by atoms with Gasteiger partial charge >= 0.3 is 0 Å².